The van der Waals surface area contributed by atoms with Crippen molar-refractivity contribution in [3.8, 4) is 0 Å². The second kappa shape index (κ2) is 4.99. The Morgan fingerprint density at radius 2 is 2.11 bits per heavy atom. The number of halogens is 1. The van der Waals surface area contributed by atoms with Crippen molar-refractivity contribution in [1.29, 1.82) is 0 Å². The number of hydrogen-bond donors (Lipinski definition) is 1. The molecule has 1 aromatic carbocycles. The number of alkyl halides is 1. The van der Waals surface area contributed by atoms with Crippen LogP contribution in [0.2, 0.25) is 0 Å². The molecule has 102 valence electrons. The van der Waals surface area contributed by atoms with Gasteiger partial charge in [-0.15, -0.1) is 0 Å². The highest BCUT2D eigenvalue weighted by Gasteiger charge is 2.47. The normalized spacial score (nSPS) is 22.5. The summed E-state index contributed by atoms with van der Waals surface area (Å²) in [4.78, 5) is 24.4. The summed E-state index contributed by atoms with van der Waals surface area (Å²) in [6.45, 7) is 1.70. The molecule has 1 amide bonds. The number of hydrogen-bond acceptors (Lipinski definition) is 2. The van der Waals surface area contributed by atoms with Crippen LogP contribution in [0.4, 0.5) is 4.39 Å². The molecule has 5 heteroatoms. The summed E-state index contributed by atoms with van der Waals surface area (Å²) in [6, 6.07) is 7.14. The van der Waals surface area contributed by atoms with Crippen LogP contribution < -0.4 is 0 Å². The van der Waals surface area contributed by atoms with Crippen LogP contribution in [0, 0.1) is 0 Å². The van der Waals surface area contributed by atoms with Gasteiger partial charge in [0.25, 0.3) is 5.91 Å². The van der Waals surface area contributed by atoms with Crippen LogP contribution in [0.15, 0.2) is 24.3 Å². The van der Waals surface area contributed by atoms with Crippen LogP contribution >= 0.6 is 0 Å². The fraction of sp³-hybridized carbons (Fsp3) is 0.429. The molecular weight excluding hydrogens is 249 g/mol. The molecule has 1 aliphatic heterocycles. The number of carboxylic acids is 1. The van der Waals surface area contributed by atoms with Crippen molar-refractivity contribution in [2.45, 2.75) is 25.4 Å². The SMILES string of the molecule is CCc1ccccc1C(=O)N1CCC(F)(C(=O)O)C1. The predicted octanol–water partition coefficient (Wildman–Crippen LogP) is 1.89. The summed E-state index contributed by atoms with van der Waals surface area (Å²) in [5.74, 6) is -1.79. The molecular formula is C14H16FNO3. The number of amides is 1. The summed E-state index contributed by atoms with van der Waals surface area (Å²) >= 11 is 0. The summed E-state index contributed by atoms with van der Waals surface area (Å²) in [5.41, 5.74) is -0.893. The average molecular weight is 265 g/mol. The highest BCUT2D eigenvalue weighted by molar-refractivity contribution is 5.96. The smallest absolute Gasteiger partial charge is 0.343 e. The molecule has 1 atom stereocenters. The first-order valence-electron chi connectivity index (χ1n) is 6.27. The zero-order valence-corrected chi connectivity index (χ0v) is 10.7. The van der Waals surface area contributed by atoms with E-state index in [1.165, 1.54) is 4.90 Å². The zero-order valence-electron chi connectivity index (χ0n) is 10.7. The molecule has 0 spiro atoms. The Morgan fingerprint density at radius 1 is 1.42 bits per heavy atom. The summed E-state index contributed by atoms with van der Waals surface area (Å²) in [6.07, 6.45) is 0.553. The van der Waals surface area contributed by atoms with Crippen molar-refractivity contribution in [1.82, 2.24) is 4.90 Å². The average Bonchev–Trinajstić information content (AvgIpc) is 2.82. The third-order valence-electron chi connectivity index (χ3n) is 3.52. The van der Waals surface area contributed by atoms with E-state index in [4.69, 9.17) is 5.11 Å². The maximum absolute atomic E-state index is 14.0. The standard InChI is InChI=1S/C14H16FNO3/c1-2-10-5-3-4-6-11(10)12(17)16-8-7-14(15,9-16)13(18)19/h3-6H,2,7-9H2,1H3,(H,18,19). The minimum Gasteiger partial charge on any atom is -0.479 e. The van der Waals surface area contributed by atoms with Crippen LogP contribution in [0.5, 0.6) is 0 Å². The summed E-state index contributed by atoms with van der Waals surface area (Å²) < 4.78 is 14.0. The molecule has 4 nitrogen and oxygen atoms in total. The lowest BCUT2D eigenvalue weighted by atomic mass is 10.0. The number of carbonyl (C=O) groups excluding carboxylic acids is 1. The highest BCUT2D eigenvalue weighted by atomic mass is 19.1. The van der Waals surface area contributed by atoms with Crippen molar-refractivity contribution >= 4 is 11.9 Å². The summed E-state index contributed by atoms with van der Waals surface area (Å²) in [5, 5.41) is 8.83. The van der Waals surface area contributed by atoms with Crippen LogP contribution in [-0.4, -0.2) is 40.6 Å². The first-order chi connectivity index (χ1) is 8.98. The van der Waals surface area contributed by atoms with E-state index in [1.807, 2.05) is 19.1 Å². The lowest BCUT2D eigenvalue weighted by Crippen LogP contribution is -2.39. The number of carboxylic acid groups (broad SMARTS) is 1. The lowest BCUT2D eigenvalue weighted by molar-refractivity contribution is -0.149. The Kier molecular flexibility index (Phi) is 3.55. The first-order valence-corrected chi connectivity index (χ1v) is 6.27. The highest BCUT2D eigenvalue weighted by Crippen LogP contribution is 2.27. The molecule has 1 unspecified atom stereocenters. The molecule has 19 heavy (non-hydrogen) atoms. The molecule has 1 N–H and O–H groups in total. The van der Waals surface area contributed by atoms with E-state index >= 15 is 0 Å². The van der Waals surface area contributed by atoms with Gasteiger partial charge in [-0.05, 0) is 18.1 Å². The van der Waals surface area contributed by atoms with Gasteiger partial charge in [-0.2, -0.15) is 0 Å². The number of benzene rings is 1. The quantitative estimate of drug-likeness (QED) is 0.908. The van der Waals surface area contributed by atoms with Crippen molar-refractivity contribution in [3.63, 3.8) is 0 Å². The van der Waals surface area contributed by atoms with Gasteiger partial charge >= 0.3 is 5.97 Å². The molecule has 0 aromatic heterocycles. The third kappa shape index (κ3) is 2.45. The molecule has 1 aromatic rings. The van der Waals surface area contributed by atoms with Crippen molar-refractivity contribution in [2.75, 3.05) is 13.1 Å². The zero-order chi connectivity index (χ0) is 14.0. The number of carbonyl (C=O) groups is 2. The molecule has 0 aliphatic carbocycles. The first kappa shape index (κ1) is 13.5. The number of rotatable bonds is 3. The number of nitrogens with zero attached hydrogens (tertiary/aromatic N) is 1. The Hall–Kier alpha value is -1.91. The van der Waals surface area contributed by atoms with E-state index in [2.05, 4.69) is 0 Å². The maximum atomic E-state index is 14.0. The van der Waals surface area contributed by atoms with Gasteiger partial charge in [0.2, 0.25) is 5.67 Å². The predicted molar refractivity (Wildman–Crippen MR) is 67.8 cm³/mol. The topological polar surface area (TPSA) is 57.6 Å². The van der Waals surface area contributed by atoms with Gasteiger partial charge in [0, 0.05) is 18.5 Å². The minimum atomic E-state index is -2.31. The van der Waals surface area contributed by atoms with Crippen LogP contribution in [0.1, 0.15) is 29.3 Å². The monoisotopic (exact) mass is 265 g/mol. The Balaban J connectivity index is 2.20. The van der Waals surface area contributed by atoms with Gasteiger partial charge in [-0.25, -0.2) is 9.18 Å². The molecule has 1 saturated heterocycles. The van der Waals surface area contributed by atoms with Crippen molar-refractivity contribution in [3.05, 3.63) is 35.4 Å². The van der Waals surface area contributed by atoms with E-state index in [9.17, 15) is 14.0 Å². The minimum absolute atomic E-state index is 0.139. The number of aryl methyl sites for hydroxylation is 1. The van der Waals surface area contributed by atoms with E-state index in [0.29, 0.717) is 12.0 Å². The Labute approximate surface area is 110 Å². The molecule has 0 radical (unpaired) electrons. The van der Waals surface area contributed by atoms with E-state index in [0.717, 1.165) is 5.56 Å². The molecule has 1 aliphatic rings. The van der Waals surface area contributed by atoms with Gasteiger partial charge < -0.3 is 10.0 Å². The van der Waals surface area contributed by atoms with E-state index < -0.39 is 11.6 Å². The fourth-order valence-corrected chi connectivity index (χ4v) is 2.33. The second-order valence-corrected chi connectivity index (χ2v) is 4.76. The maximum Gasteiger partial charge on any atom is 0.343 e. The van der Waals surface area contributed by atoms with Crippen molar-refractivity contribution in [2.24, 2.45) is 0 Å². The lowest BCUT2D eigenvalue weighted by Gasteiger charge is -2.19. The van der Waals surface area contributed by atoms with Gasteiger partial charge in [-0.1, -0.05) is 25.1 Å². The van der Waals surface area contributed by atoms with Crippen molar-refractivity contribution < 1.29 is 19.1 Å². The molecule has 2 rings (SSSR count). The third-order valence-corrected chi connectivity index (χ3v) is 3.52. The van der Waals surface area contributed by atoms with Gasteiger partial charge in [0.15, 0.2) is 0 Å². The van der Waals surface area contributed by atoms with E-state index in [-0.39, 0.29) is 25.4 Å². The van der Waals surface area contributed by atoms with E-state index in [1.54, 1.807) is 12.1 Å². The van der Waals surface area contributed by atoms with Gasteiger partial charge in [0.05, 0.1) is 6.54 Å². The summed E-state index contributed by atoms with van der Waals surface area (Å²) in [7, 11) is 0. The van der Waals surface area contributed by atoms with Gasteiger partial charge in [0.1, 0.15) is 0 Å². The Morgan fingerprint density at radius 3 is 2.68 bits per heavy atom. The fourth-order valence-electron chi connectivity index (χ4n) is 2.33. The van der Waals surface area contributed by atoms with Crippen LogP contribution in [0.3, 0.4) is 0 Å². The molecule has 1 fully saturated rings. The second-order valence-electron chi connectivity index (χ2n) is 4.76. The molecule has 0 saturated carbocycles. The van der Waals surface area contributed by atoms with Crippen LogP contribution in [0.25, 0.3) is 0 Å². The van der Waals surface area contributed by atoms with Crippen LogP contribution in [-0.2, 0) is 11.2 Å². The Bertz CT molecular complexity index is 517. The molecule has 0 bridgehead atoms. The van der Waals surface area contributed by atoms with Gasteiger partial charge in [-0.3, -0.25) is 4.79 Å². The number of aliphatic carboxylic acids is 1. The largest absolute Gasteiger partial charge is 0.479 e. The molecule has 1 heterocycles. The number of likely N-dealkylation sites (tertiary alicyclic amines) is 1.